The van der Waals surface area contributed by atoms with Gasteiger partial charge in [-0.05, 0) is 30.7 Å². The molecule has 0 aromatic heterocycles. The van der Waals surface area contributed by atoms with E-state index in [2.05, 4.69) is 10.1 Å². The number of methoxy groups -OCH3 is 1. The molecule has 124 valence electrons. The number of carbonyl (C=O) groups excluding carboxylic acids is 4. The minimum atomic E-state index is -0.991. The third-order valence-corrected chi connectivity index (χ3v) is 2.89. The minimum absolute atomic E-state index is 0.0410. The number of ether oxygens (including phenoxy) is 2. The molecule has 0 aliphatic heterocycles. The molecule has 8 heteroatoms. The molecule has 2 amide bonds. The molecule has 0 saturated carbocycles. The van der Waals surface area contributed by atoms with Gasteiger partial charge >= 0.3 is 11.9 Å². The molecular formula is C15H18N2O6. The van der Waals surface area contributed by atoms with Crippen molar-refractivity contribution in [3.8, 4) is 5.75 Å². The van der Waals surface area contributed by atoms with E-state index in [4.69, 9.17) is 10.5 Å². The summed E-state index contributed by atoms with van der Waals surface area (Å²) >= 11 is 0. The van der Waals surface area contributed by atoms with Crippen molar-refractivity contribution in [2.75, 3.05) is 7.11 Å². The molecule has 23 heavy (non-hydrogen) atoms. The Morgan fingerprint density at radius 1 is 1.17 bits per heavy atom. The summed E-state index contributed by atoms with van der Waals surface area (Å²) in [6.07, 6.45) is -0.00491. The number of hydrogen-bond acceptors (Lipinski definition) is 6. The van der Waals surface area contributed by atoms with Crippen molar-refractivity contribution < 1.29 is 28.7 Å². The zero-order valence-corrected chi connectivity index (χ0v) is 12.8. The first-order valence-electron chi connectivity index (χ1n) is 6.79. The van der Waals surface area contributed by atoms with Crippen molar-refractivity contribution in [1.82, 2.24) is 5.32 Å². The highest BCUT2D eigenvalue weighted by Gasteiger charge is 2.20. The maximum absolute atomic E-state index is 12.1. The van der Waals surface area contributed by atoms with Crippen LogP contribution in [-0.2, 0) is 19.1 Å². The van der Waals surface area contributed by atoms with Crippen LogP contribution >= 0.6 is 0 Å². The molecule has 3 N–H and O–H groups in total. The Hall–Kier alpha value is -2.90. The summed E-state index contributed by atoms with van der Waals surface area (Å²) in [6.45, 7) is 1.26. The molecule has 1 rings (SSSR count). The van der Waals surface area contributed by atoms with E-state index in [1.807, 2.05) is 0 Å². The van der Waals surface area contributed by atoms with Crippen molar-refractivity contribution in [3.63, 3.8) is 0 Å². The number of benzene rings is 1. The Kier molecular flexibility index (Phi) is 6.72. The van der Waals surface area contributed by atoms with E-state index >= 15 is 0 Å². The SMILES string of the molecule is COC(=O)CC[C@@H](NC(=O)c1ccc(OC(C)=O)cc1)C(N)=O. The molecule has 0 bridgehead atoms. The summed E-state index contributed by atoms with van der Waals surface area (Å²) in [5, 5.41) is 2.44. The van der Waals surface area contributed by atoms with Crippen molar-refractivity contribution in [1.29, 1.82) is 0 Å². The van der Waals surface area contributed by atoms with Gasteiger partial charge in [-0.25, -0.2) is 0 Å². The Labute approximate surface area is 132 Å². The van der Waals surface area contributed by atoms with Crippen molar-refractivity contribution >= 4 is 23.8 Å². The molecule has 0 unspecified atom stereocenters. The van der Waals surface area contributed by atoms with Crippen LogP contribution in [0.2, 0.25) is 0 Å². The second-order valence-electron chi connectivity index (χ2n) is 4.66. The molecule has 0 aliphatic rings. The van der Waals surface area contributed by atoms with Crippen LogP contribution in [0.4, 0.5) is 0 Å². The third-order valence-electron chi connectivity index (χ3n) is 2.89. The predicted octanol–water partition coefficient (Wildman–Crippen LogP) is 0.149. The van der Waals surface area contributed by atoms with E-state index in [1.54, 1.807) is 0 Å². The fraction of sp³-hybridized carbons (Fsp3) is 0.333. The first kappa shape index (κ1) is 18.1. The molecule has 8 nitrogen and oxygen atoms in total. The number of rotatable bonds is 7. The van der Waals surface area contributed by atoms with Crippen LogP contribution in [0.25, 0.3) is 0 Å². The molecule has 0 spiro atoms. The zero-order valence-electron chi connectivity index (χ0n) is 12.8. The average Bonchev–Trinajstić information content (AvgIpc) is 2.50. The van der Waals surface area contributed by atoms with Crippen LogP contribution in [0.3, 0.4) is 0 Å². The molecular weight excluding hydrogens is 304 g/mol. The number of esters is 2. The average molecular weight is 322 g/mol. The largest absolute Gasteiger partial charge is 0.469 e. The fourth-order valence-corrected chi connectivity index (χ4v) is 1.73. The van der Waals surface area contributed by atoms with Gasteiger partial charge in [0.25, 0.3) is 5.91 Å². The number of nitrogens with two attached hydrogens (primary N) is 1. The zero-order chi connectivity index (χ0) is 17.4. The second kappa shape index (κ2) is 8.52. The third kappa shape index (κ3) is 6.16. The Morgan fingerprint density at radius 2 is 1.78 bits per heavy atom. The molecule has 1 aromatic carbocycles. The summed E-state index contributed by atoms with van der Waals surface area (Å²) in [7, 11) is 1.23. The lowest BCUT2D eigenvalue weighted by atomic mass is 10.1. The van der Waals surface area contributed by atoms with Crippen LogP contribution in [0.5, 0.6) is 5.75 Å². The van der Waals surface area contributed by atoms with Gasteiger partial charge in [-0.15, -0.1) is 0 Å². The van der Waals surface area contributed by atoms with Crippen molar-refractivity contribution in [2.45, 2.75) is 25.8 Å². The van der Waals surface area contributed by atoms with Crippen molar-refractivity contribution in [3.05, 3.63) is 29.8 Å². The topological polar surface area (TPSA) is 125 Å². The van der Waals surface area contributed by atoms with E-state index < -0.39 is 29.8 Å². The Balaban J connectivity index is 2.69. The van der Waals surface area contributed by atoms with Crippen LogP contribution in [0.15, 0.2) is 24.3 Å². The minimum Gasteiger partial charge on any atom is -0.469 e. The lowest BCUT2D eigenvalue weighted by molar-refractivity contribution is -0.141. The van der Waals surface area contributed by atoms with Gasteiger partial charge in [-0.3, -0.25) is 19.2 Å². The summed E-state index contributed by atoms with van der Waals surface area (Å²) in [5.41, 5.74) is 5.46. The van der Waals surface area contributed by atoms with Crippen molar-refractivity contribution in [2.24, 2.45) is 5.73 Å². The Morgan fingerprint density at radius 3 is 2.26 bits per heavy atom. The Bertz CT molecular complexity index is 596. The second-order valence-corrected chi connectivity index (χ2v) is 4.66. The van der Waals surface area contributed by atoms with Gasteiger partial charge < -0.3 is 20.5 Å². The van der Waals surface area contributed by atoms with Gasteiger partial charge in [0.15, 0.2) is 0 Å². The van der Waals surface area contributed by atoms with Gasteiger partial charge in [0.05, 0.1) is 7.11 Å². The first-order chi connectivity index (χ1) is 10.8. The molecule has 1 aromatic rings. The van der Waals surface area contributed by atoms with E-state index in [-0.39, 0.29) is 18.4 Å². The highest BCUT2D eigenvalue weighted by molar-refractivity contribution is 5.97. The molecule has 1 atom stereocenters. The van der Waals surface area contributed by atoms with Gasteiger partial charge in [-0.1, -0.05) is 0 Å². The van der Waals surface area contributed by atoms with Crippen LogP contribution in [0, 0.1) is 0 Å². The highest BCUT2D eigenvalue weighted by atomic mass is 16.5. The lowest BCUT2D eigenvalue weighted by Gasteiger charge is -2.15. The van der Waals surface area contributed by atoms with Crippen LogP contribution < -0.4 is 15.8 Å². The van der Waals surface area contributed by atoms with Gasteiger partial charge in [0, 0.05) is 18.9 Å². The fourth-order valence-electron chi connectivity index (χ4n) is 1.73. The van der Waals surface area contributed by atoms with E-state index in [0.29, 0.717) is 5.75 Å². The summed E-state index contributed by atoms with van der Waals surface area (Å²) in [5.74, 6) is -1.96. The number of hydrogen-bond donors (Lipinski definition) is 2. The van der Waals surface area contributed by atoms with Crippen LogP contribution in [-0.4, -0.2) is 36.9 Å². The van der Waals surface area contributed by atoms with E-state index in [1.165, 1.54) is 38.3 Å². The first-order valence-corrected chi connectivity index (χ1v) is 6.79. The number of carbonyl (C=O) groups is 4. The quantitative estimate of drug-likeness (QED) is 0.544. The molecule has 0 aliphatic carbocycles. The predicted molar refractivity (Wildman–Crippen MR) is 79.4 cm³/mol. The van der Waals surface area contributed by atoms with Crippen LogP contribution in [0.1, 0.15) is 30.1 Å². The molecule has 0 radical (unpaired) electrons. The number of nitrogens with one attached hydrogen (secondary N) is 1. The summed E-state index contributed by atoms with van der Waals surface area (Å²) in [6, 6.07) is 4.78. The number of amides is 2. The summed E-state index contributed by atoms with van der Waals surface area (Å²) < 4.78 is 9.32. The lowest BCUT2D eigenvalue weighted by Crippen LogP contribution is -2.44. The molecule has 0 fully saturated rings. The normalized spacial score (nSPS) is 11.2. The highest BCUT2D eigenvalue weighted by Crippen LogP contribution is 2.12. The van der Waals surface area contributed by atoms with Gasteiger partial charge in [-0.2, -0.15) is 0 Å². The van der Waals surface area contributed by atoms with E-state index in [9.17, 15) is 19.2 Å². The maximum Gasteiger partial charge on any atom is 0.308 e. The van der Waals surface area contributed by atoms with Gasteiger partial charge in [0.2, 0.25) is 5.91 Å². The maximum atomic E-state index is 12.1. The monoisotopic (exact) mass is 322 g/mol. The summed E-state index contributed by atoms with van der Waals surface area (Å²) in [4.78, 5) is 45.3. The molecule has 0 heterocycles. The molecule has 0 saturated heterocycles. The standard InChI is InChI=1S/C15H18N2O6/c1-9(18)23-11-5-3-10(4-6-11)15(21)17-12(14(16)20)7-8-13(19)22-2/h3-6,12H,7-8H2,1-2H3,(H2,16,20)(H,17,21)/t12-/m1/s1. The van der Waals surface area contributed by atoms with Gasteiger partial charge in [0.1, 0.15) is 11.8 Å². The van der Waals surface area contributed by atoms with E-state index in [0.717, 1.165) is 0 Å². The number of primary amides is 1. The smallest absolute Gasteiger partial charge is 0.308 e.